The number of hydrogen-bond donors (Lipinski definition) is 0. The number of hydrogen-bond acceptors (Lipinski definition) is 3. The van der Waals surface area contributed by atoms with Gasteiger partial charge in [0, 0.05) is 31.4 Å². The third-order valence-electron chi connectivity index (χ3n) is 6.27. The average molecular weight is 356 g/mol. The van der Waals surface area contributed by atoms with Crippen molar-refractivity contribution in [3.8, 4) is 5.75 Å². The van der Waals surface area contributed by atoms with E-state index in [0.717, 1.165) is 57.4 Å². The van der Waals surface area contributed by atoms with Gasteiger partial charge < -0.3 is 14.5 Å². The molecular weight excluding hydrogens is 328 g/mol. The molecule has 1 aromatic rings. The Hall–Kier alpha value is -2.04. The fourth-order valence-corrected chi connectivity index (χ4v) is 4.70. The highest BCUT2D eigenvalue weighted by Crippen LogP contribution is 2.46. The molecular formula is C21H28N2O3. The smallest absolute Gasteiger partial charge is 0.260 e. The summed E-state index contributed by atoms with van der Waals surface area (Å²) in [6.07, 6.45) is 8.78. The van der Waals surface area contributed by atoms with E-state index in [0.29, 0.717) is 5.75 Å². The number of likely N-dealkylation sites (tertiary alicyclic amines) is 1. The van der Waals surface area contributed by atoms with Gasteiger partial charge in [0.15, 0.2) is 6.61 Å². The van der Waals surface area contributed by atoms with Crippen LogP contribution in [-0.4, -0.2) is 43.0 Å². The van der Waals surface area contributed by atoms with Crippen LogP contribution in [0.2, 0.25) is 0 Å². The number of nitrogens with zero attached hydrogens (tertiary/aromatic N) is 2. The standard InChI is InChI=1S/C21H28N2O3/c24-19(22-12-4-5-13-22)16-26-18-8-6-7-17(15-18)23-14-11-21(20(23)25)9-2-1-3-10-21/h6-8,15H,1-5,9-14,16H2. The first-order chi connectivity index (χ1) is 12.7. The molecule has 1 aliphatic carbocycles. The zero-order valence-electron chi connectivity index (χ0n) is 15.4. The Balaban J connectivity index is 1.41. The number of ether oxygens (including phenoxy) is 1. The molecule has 3 fully saturated rings. The van der Waals surface area contributed by atoms with E-state index < -0.39 is 0 Å². The summed E-state index contributed by atoms with van der Waals surface area (Å²) in [7, 11) is 0. The van der Waals surface area contributed by atoms with Crippen LogP contribution in [0.15, 0.2) is 24.3 Å². The fraction of sp³-hybridized carbons (Fsp3) is 0.619. The minimum atomic E-state index is -0.124. The molecule has 0 radical (unpaired) electrons. The Bertz CT molecular complexity index is 676. The van der Waals surface area contributed by atoms with Crippen molar-refractivity contribution in [2.24, 2.45) is 5.41 Å². The Morgan fingerprint density at radius 2 is 1.77 bits per heavy atom. The summed E-state index contributed by atoms with van der Waals surface area (Å²) < 4.78 is 5.72. The van der Waals surface area contributed by atoms with Crippen molar-refractivity contribution < 1.29 is 14.3 Å². The van der Waals surface area contributed by atoms with Gasteiger partial charge in [0.25, 0.3) is 5.91 Å². The van der Waals surface area contributed by atoms with Crippen LogP contribution in [0.1, 0.15) is 51.4 Å². The number of benzene rings is 1. The van der Waals surface area contributed by atoms with Gasteiger partial charge in [-0.25, -0.2) is 0 Å². The van der Waals surface area contributed by atoms with Crippen molar-refractivity contribution >= 4 is 17.5 Å². The summed E-state index contributed by atoms with van der Waals surface area (Å²) in [4.78, 5) is 29.0. The predicted molar refractivity (Wildman–Crippen MR) is 100 cm³/mol. The maximum absolute atomic E-state index is 13.1. The molecule has 3 aliphatic rings. The van der Waals surface area contributed by atoms with Crippen molar-refractivity contribution in [1.82, 2.24) is 4.90 Å². The molecule has 2 saturated heterocycles. The monoisotopic (exact) mass is 356 g/mol. The second kappa shape index (κ2) is 7.29. The van der Waals surface area contributed by atoms with Crippen molar-refractivity contribution in [1.29, 1.82) is 0 Å². The van der Waals surface area contributed by atoms with Gasteiger partial charge in [-0.1, -0.05) is 25.3 Å². The van der Waals surface area contributed by atoms with Crippen LogP contribution < -0.4 is 9.64 Å². The van der Waals surface area contributed by atoms with Crippen LogP contribution in [0, 0.1) is 5.41 Å². The fourth-order valence-electron chi connectivity index (χ4n) is 4.70. The summed E-state index contributed by atoms with van der Waals surface area (Å²) in [5, 5.41) is 0. The van der Waals surface area contributed by atoms with Crippen LogP contribution in [0.4, 0.5) is 5.69 Å². The van der Waals surface area contributed by atoms with E-state index in [1.807, 2.05) is 34.1 Å². The molecule has 2 amide bonds. The van der Waals surface area contributed by atoms with Crippen molar-refractivity contribution in [2.75, 3.05) is 31.1 Å². The van der Waals surface area contributed by atoms with Gasteiger partial charge in [0.1, 0.15) is 5.75 Å². The van der Waals surface area contributed by atoms with Crippen LogP contribution >= 0.6 is 0 Å². The number of carbonyl (C=O) groups is 2. The lowest BCUT2D eigenvalue weighted by molar-refractivity contribution is -0.132. The van der Waals surface area contributed by atoms with E-state index in [1.165, 1.54) is 19.3 Å². The molecule has 5 heteroatoms. The molecule has 0 aromatic heterocycles. The molecule has 2 heterocycles. The topological polar surface area (TPSA) is 49.9 Å². The first-order valence-electron chi connectivity index (χ1n) is 10.0. The molecule has 1 aromatic carbocycles. The Morgan fingerprint density at radius 1 is 1.00 bits per heavy atom. The van der Waals surface area contributed by atoms with Crippen molar-refractivity contribution in [3.05, 3.63) is 24.3 Å². The van der Waals surface area contributed by atoms with Crippen molar-refractivity contribution in [3.63, 3.8) is 0 Å². The maximum Gasteiger partial charge on any atom is 0.260 e. The molecule has 0 N–H and O–H groups in total. The van der Waals surface area contributed by atoms with Gasteiger partial charge in [0.2, 0.25) is 5.91 Å². The zero-order chi connectivity index (χ0) is 18.0. The minimum Gasteiger partial charge on any atom is -0.484 e. The lowest BCUT2D eigenvalue weighted by atomic mass is 9.73. The number of amides is 2. The average Bonchev–Trinajstić information content (AvgIpc) is 3.31. The van der Waals surface area contributed by atoms with E-state index in [1.54, 1.807) is 0 Å². The van der Waals surface area contributed by atoms with Gasteiger partial charge in [0.05, 0.1) is 5.41 Å². The lowest BCUT2D eigenvalue weighted by Gasteiger charge is -2.31. The maximum atomic E-state index is 13.1. The highest BCUT2D eigenvalue weighted by Gasteiger charge is 2.47. The minimum absolute atomic E-state index is 0.0475. The van der Waals surface area contributed by atoms with E-state index >= 15 is 0 Å². The van der Waals surface area contributed by atoms with Crippen LogP contribution in [0.25, 0.3) is 0 Å². The summed E-state index contributed by atoms with van der Waals surface area (Å²) in [6.45, 7) is 2.54. The van der Waals surface area contributed by atoms with E-state index in [-0.39, 0.29) is 23.8 Å². The van der Waals surface area contributed by atoms with Gasteiger partial charge in [-0.2, -0.15) is 0 Å². The summed E-state index contributed by atoms with van der Waals surface area (Å²) in [5.74, 6) is 0.987. The van der Waals surface area contributed by atoms with E-state index in [9.17, 15) is 9.59 Å². The quantitative estimate of drug-likeness (QED) is 0.831. The highest BCUT2D eigenvalue weighted by molar-refractivity contribution is 6.00. The van der Waals surface area contributed by atoms with Crippen molar-refractivity contribution in [2.45, 2.75) is 51.4 Å². The molecule has 0 bridgehead atoms. The van der Waals surface area contributed by atoms with Crippen LogP contribution in [0.5, 0.6) is 5.75 Å². The third-order valence-corrected chi connectivity index (χ3v) is 6.27. The first kappa shape index (κ1) is 17.4. The zero-order valence-corrected chi connectivity index (χ0v) is 15.4. The molecule has 1 spiro atoms. The number of carbonyl (C=O) groups excluding carboxylic acids is 2. The predicted octanol–water partition coefficient (Wildman–Crippen LogP) is 3.38. The van der Waals surface area contributed by atoms with E-state index in [2.05, 4.69) is 0 Å². The molecule has 1 saturated carbocycles. The molecule has 4 rings (SSSR count). The first-order valence-corrected chi connectivity index (χ1v) is 10.0. The lowest BCUT2D eigenvalue weighted by Crippen LogP contribution is -2.36. The van der Waals surface area contributed by atoms with E-state index in [4.69, 9.17) is 4.74 Å². The number of anilines is 1. The van der Waals surface area contributed by atoms with Gasteiger partial charge in [-0.05, 0) is 44.2 Å². The van der Waals surface area contributed by atoms with Gasteiger partial charge in [-0.15, -0.1) is 0 Å². The van der Waals surface area contributed by atoms with Gasteiger partial charge in [-0.3, -0.25) is 9.59 Å². The Kier molecular flexibility index (Phi) is 4.88. The SMILES string of the molecule is O=C(COc1cccc(N2CCC3(CCCCC3)C2=O)c1)N1CCCC1. The number of rotatable bonds is 4. The molecule has 26 heavy (non-hydrogen) atoms. The second-order valence-corrected chi connectivity index (χ2v) is 7.92. The summed E-state index contributed by atoms with van der Waals surface area (Å²) in [6, 6.07) is 7.63. The van der Waals surface area contributed by atoms with Crippen LogP contribution in [0.3, 0.4) is 0 Å². The summed E-state index contributed by atoms with van der Waals surface area (Å²) >= 11 is 0. The Morgan fingerprint density at radius 3 is 2.54 bits per heavy atom. The normalized spacial score (nSPS) is 22.2. The molecule has 140 valence electrons. The summed E-state index contributed by atoms with van der Waals surface area (Å²) in [5.41, 5.74) is 0.768. The van der Waals surface area contributed by atoms with Crippen LogP contribution in [-0.2, 0) is 9.59 Å². The second-order valence-electron chi connectivity index (χ2n) is 7.92. The molecule has 0 unspecified atom stereocenters. The molecule has 2 aliphatic heterocycles. The third kappa shape index (κ3) is 3.31. The highest BCUT2D eigenvalue weighted by atomic mass is 16.5. The Labute approximate surface area is 155 Å². The molecule has 5 nitrogen and oxygen atoms in total. The van der Waals surface area contributed by atoms with Gasteiger partial charge >= 0.3 is 0 Å². The largest absolute Gasteiger partial charge is 0.484 e. The molecule has 0 atom stereocenters.